The Morgan fingerprint density at radius 1 is 1.29 bits per heavy atom. The summed E-state index contributed by atoms with van der Waals surface area (Å²) in [5, 5.41) is 5.16. The Labute approximate surface area is 100 Å². The molecular weight excluding hydrogens is 243 g/mol. The van der Waals surface area contributed by atoms with E-state index in [1.165, 1.54) is 16.4 Å². The molecule has 1 aliphatic rings. The molecule has 1 fully saturated rings. The van der Waals surface area contributed by atoms with Crippen LogP contribution in [-0.2, 0) is 16.8 Å². The van der Waals surface area contributed by atoms with Crippen LogP contribution in [0, 0.1) is 11.7 Å². The highest BCUT2D eigenvalue weighted by Crippen LogP contribution is 2.30. The zero-order valence-corrected chi connectivity index (χ0v) is 10.2. The standard InChI is InChI=1S/C11H15FN2O2S/c12-11-5-3-10(4-6-11)8-14(17(13,15)16)7-9-1-2-9/h3-6,9H,1-2,7-8H2,(H2,13,15,16). The van der Waals surface area contributed by atoms with E-state index in [-0.39, 0.29) is 12.4 Å². The van der Waals surface area contributed by atoms with Gasteiger partial charge in [0.2, 0.25) is 0 Å². The first-order valence-corrected chi connectivity index (χ1v) is 6.98. The maximum Gasteiger partial charge on any atom is 0.277 e. The number of nitrogens with two attached hydrogens (primary N) is 1. The van der Waals surface area contributed by atoms with Crippen LogP contribution in [0.15, 0.2) is 24.3 Å². The number of nitrogens with zero attached hydrogens (tertiary/aromatic N) is 1. The average molecular weight is 258 g/mol. The third-order valence-corrected chi connectivity index (χ3v) is 3.79. The first-order valence-electron chi connectivity index (χ1n) is 5.47. The number of halogens is 1. The van der Waals surface area contributed by atoms with Gasteiger partial charge in [0, 0.05) is 13.1 Å². The van der Waals surface area contributed by atoms with E-state index in [2.05, 4.69) is 0 Å². The lowest BCUT2D eigenvalue weighted by molar-refractivity contribution is 0.391. The van der Waals surface area contributed by atoms with Crippen molar-refractivity contribution in [3.8, 4) is 0 Å². The van der Waals surface area contributed by atoms with Crippen molar-refractivity contribution in [3.63, 3.8) is 0 Å². The molecule has 0 saturated heterocycles. The van der Waals surface area contributed by atoms with Crippen molar-refractivity contribution in [1.29, 1.82) is 0 Å². The highest BCUT2D eigenvalue weighted by Gasteiger charge is 2.28. The van der Waals surface area contributed by atoms with Gasteiger partial charge >= 0.3 is 0 Å². The molecule has 0 radical (unpaired) electrons. The smallest absolute Gasteiger partial charge is 0.216 e. The molecule has 6 heteroatoms. The van der Waals surface area contributed by atoms with Crippen LogP contribution in [0.5, 0.6) is 0 Å². The van der Waals surface area contributed by atoms with Crippen LogP contribution in [0.4, 0.5) is 4.39 Å². The summed E-state index contributed by atoms with van der Waals surface area (Å²) in [5.74, 6) is 0.0897. The van der Waals surface area contributed by atoms with Crippen LogP contribution >= 0.6 is 0 Å². The van der Waals surface area contributed by atoms with Crippen LogP contribution < -0.4 is 5.14 Å². The fourth-order valence-corrected chi connectivity index (χ4v) is 2.39. The van der Waals surface area contributed by atoms with Crippen LogP contribution in [0.2, 0.25) is 0 Å². The summed E-state index contributed by atoms with van der Waals surface area (Å²) in [6, 6.07) is 5.77. The van der Waals surface area contributed by atoms with E-state index >= 15 is 0 Å². The van der Waals surface area contributed by atoms with Gasteiger partial charge in [-0.3, -0.25) is 0 Å². The maximum atomic E-state index is 12.7. The van der Waals surface area contributed by atoms with Crippen LogP contribution in [0.1, 0.15) is 18.4 Å². The summed E-state index contributed by atoms with van der Waals surface area (Å²) in [5.41, 5.74) is 0.737. The zero-order chi connectivity index (χ0) is 12.5. The van der Waals surface area contributed by atoms with E-state index in [0.717, 1.165) is 18.4 Å². The van der Waals surface area contributed by atoms with E-state index in [9.17, 15) is 12.8 Å². The lowest BCUT2D eigenvalue weighted by Gasteiger charge is -2.19. The second kappa shape index (κ2) is 4.72. The molecule has 94 valence electrons. The molecule has 1 aliphatic carbocycles. The fraction of sp³-hybridized carbons (Fsp3) is 0.455. The molecule has 0 heterocycles. The van der Waals surface area contributed by atoms with Crippen LogP contribution in [0.3, 0.4) is 0 Å². The molecule has 1 saturated carbocycles. The monoisotopic (exact) mass is 258 g/mol. The normalized spacial score (nSPS) is 16.4. The van der Waals surface area contributed by atoms with Gasteiger partial charge in [-0.2, -0.15) is 12.7 Å². The van der Waals surface area contributed by atoms with Crippen molar-refractivity contribution in [1.82, 2.24) is 4.31 Å². The number of benzene rings is 1. The van der Waals surface area contributed by atoms with Crippen LogP contribution in [-0.4, -0.2) is 19.3 Å². The predicted molar refractivity (Wildman–Crippen MR) is 62.6 cm³/mol. The fourth-order valence-electron chi connectivity index (χ4n) is 1.64. The van der Waals surface area contributed by atoms with Crippen molar-refractivity contribution in [2.24, 2.45) is 11.1 Å². The third-order valence-electron chi connectivity index (χ3n) is 2.79. The Bertz CT molecular complexity index is 483. The van der Waals surface area contributed by atoms with E-state index in [1.807, 2.05) is 0 Å². The van der Waals surface area contributed by atoms with Crippen molar-refractivity contribution in [2.45, 2.75) is 19.4 Å². The Morgan fingerprint density at radius 2 is 1.88 bits per heavy atom. The third kappa shape index (κ3) is 3.76. The Morgan fingerprint density at radius 3 is 2.35 bits per heavy atom. The molecule has 0 bridgehead atoms. The van der Waals surface area contributed by atoms with Gasteiger partial charge in [0.25, 0.3) is 10.2 Å². The first kappa shape index (κ1) is 12.5. The van der Waals surface area contributed by atoms with E-state index < -0.39 is 10.2 Å². The molecule has 2 N–H and O–H groups in total. The van der Waals surface area contributed by atoms with Gasteiger partial charge in [0.05, 0.1) is 0 Å². The highest BCUT2D eigenvalue weighted by molar-refractivity contribution is 7.86. The van der Waals surface area contributed by atoms with E-state index in [1.54, 1.807) is 12.1 Å². The zero-order valence-electron chi connectivity index (χ0n) is 9.34. The Hall–Kier alpha value is -0.980. The van der Waals surface area contributed by atoms with E-state index in [0.29, 0.717) is 12.5 Å². The summed E-state index contributed by atoms with van der Waals surface area (Å²) < 4.78 is 36.8. The lowest BCUT2D eigenvalue weighted by atomic mass is 10.2. The number of rotatable bonds is 5. The molecule has 0 amide bonds. The molecule has 2 rings (SSSR count). The van der Waals surface area contributed by atoms with E-state index in [4.69, 9.17) is 5.14 Å². The molecular formula is C11H15FN2O2S. The molecule has 17 heavy (non-hydrogen) atoms. The molecule has 0 aromatic heterocycles. The maximum absolute atomic E-state index is 12.7. The summed E-state index contributed by atoms with van der Waals surface area (Å²) in [4.78, 5) is 0. The number of hydrogen-bond acceptors (Lipinski definition) is 2. The Kier molecular flexibility index (Phi) is 3.46. The summed E-state index contributed by atoms with van der Waals surface area (Å²) in [7, 11) is -3.69. The molecule has 4 nitrogen and oxygen atoms in total. The molecule has 0 spiro atoms. The van der Waals surface area contributed by atoms with Gasteiger partial charge in [0.15, 0.2) is 0 Å². The predicted octanol–water partition coefficient (Wildman–Crippen LogP) is 1.24. The second-order valence-electron chi connectivity index (χ2n) is 4.41. The average Bonchev–Trinajstić information content (AvgIpc) is 3.03. The summed E-state index contributed by atoms with van der Waals surface area (Å²) >= 11 is 0. The van der Waals surface area contributed by atoms with Crippen molar-refractivity contribution in [3.05, 3.63) is 35.6 Å². The van der Waals surface area contributed by atoms with Gasteiger partial charge in [-0.1, -0.05) is 12.1 Å². The lowest BCUT2D eigenvalue weighted by Crippen LogP contribution is -2.37. The highest BCUT2D eigenvalue weighted by atomic mass is 32.2. The van der Waals surface area contributed by atoms with Gasteiger partial charge in [-0.05, 0) is 36.5 Å². The van der Waals surface area contributed by atoms with Crippen molar-refractivity contribution >= 4 is 10.2 Å². The number of hydrogen-bond donors (Lipinski definition) is 1. The largest absolute Gasteiger partial charge is 0.277 e. The topological polar surface area (TPSA) is 63.4 Å². The first-order chi connectivity index (χ1) is 7.95. The minimum Gasteiger partial charge on any atom is -0.216 e. The van der Waals surface area contributed by atoms with Crippen molar-refractivity contribution in [2.75, 3.05) is 6.54 Å². The molecule has 1 aromatic carbocycles. The quantitative estimate of drug-likeness (QED) is 0.863. The molecule has 1 aromatic rings. The SMILES string of the molecule is NS(=O)(=O)N(Cc1ccc(F)cc1)CC1CC1. The van der Waals surface area contributed by atoms with Gasteiger partial charge in [0.1, 0.15) is 5.82 Å². The Balaban J connectivity index is 2.08. The van der Waals surface area contributed by atoms with Crippen molar-refractivity contribution < 1.29 is 12.8 Å². The summed E-state index contributed by atoms with van der Waals surface area (Å²) in [6.07, 6.45) is 2.10. The molecule has 0 aliphatic heterocycles. The van der Waals surface area contributed by atoms with Gasteiger partial charge < -0.3 is 0 Å². The summed E-state index contributed by atoms with van der Waals surface area (Å²) in [6.45, 7) is 0.659. The van der Waals surface area contributed by atoms with Gasteiger partial charge in [-0.25, -0.2) is 9.53 Å². The minimum absolute atomic E-state index is 0.204. The van der Waals surface area contributed by atoms with Crippen LogP contribution in [0.25, 0.3) is 0 Å². The molecule has 0 unspecified atom stereocenters. The molecule has 0 atom stereocenters. The second-order valence-corrected chi connectivity index (χ2v) is 5.95. The minimum atomic E-state index is -3.69. The van der Waals surface area contributed by atoms with Gasteiger partial charge in [-0.15, -0.1) is 0 Å².